The third-order valence-corrected chi connectivity index (χ3v) is 5.81. The Bertz CT molecular complexity index is 1210. The lowest BCUT2D eigenvalue weighted by atomic mass is 10.2. The van der Waals surface area contributed by atoms with Gasteiger partial charge in [0.05, 0.1) is 16.2 Å². The Kier molecular flexibility index (Phi) is 5.69. The monoisotopic (exact) mass is 443 g/mol. The molecule has 1 aliphatic rings. The molecule has 0 saturated carbocycles. The fraction of sp³-hybridized carbons (Fsp3) is 0.190. The van der Waals surface area contributed by atoms with Crippen LogP contribution in [0.5, 0.6) is 11.5 Å². The Morgan fingerprint density at radius 1 is 1.33 bits per heavy atom. The van der Waals surface area contributed by atoms with Crippen LogP contribution in [-0.2, 0) is 11.3 Å². The second kappa shape index (κ2) is 8.41. The van der Waals surface area contributed by atoms with Crippen LogP contribution < -0.4 is 20.3 Å². The molecule has 0 bridgehead atoms. The molecule has 1 amide bonds. The highest BCUT2D eigenvalue weighted by Gasteiger charge is 2.21. The van der Waals surface area contributed by atoms with E-state index in [0.717, 1.165) is 0 Å². The fourth-order valence-corrected chi connectivity index (χ4v) is 4.07. The highest BCUT2D eigenvalue weighted by atomic mass is 35.5. The molecule has 154 valence electrons. The van der Waals surface area contributed by atoms with Crippen LogP contribution in [0.15, 0.2) is 59.0 Å². The Morgan fingerprint density at radius 3 is 2.93 bits per heavy atom. The van der Waals surface area contributed by atoms with Gasteiger partial charge in [-0.3, -0.25) is 14.2 Å². The molecule has 0 aliphatic carbocycles. The lowest BCUT2D eigenvalue weighted by Crippen LogP contribution is -2.26. The molecule has 2 aromatic carbocycles. The Labute approximate surface area is 181 Å². The minimum Gasteiger partial charge on any atom is -0.454 e. The first kappa shape index (κ1) is 20.3. The number of nitrogens with one attached hydrogen (secondary N) is 1. The predicted octanol–water partition coefficient (Wildman–Crippen LogP) is 4.08. The number of fused-ring (bicyclic) bond motifs is 2. The smallest absolute Gasteiger partial charge is 0.262 e. The van der Waals surface area contributed by atoms with Gasteiger partial charge in [0.25, 0.3) is 5.56 Å². The van der Waals surface area contributed by atoms with Gasteiger partial charge in [-0.05, 0) is 37.3 Å². The zero-order chi connectivity index (χ0) is 21.3. The van der Waals surface area contributed by atoms with Crippen molar-refractivity contribution in [1.29, 1.82) is 0 Å². The minimum atomic E-state index is -0.511. The summed E-state index contributed by atoms with van der Waals surface area (Å²) in [4.78, 5) is 30.2. The summed E-state index contributed by atoms with van der Waals surface area (Å²) in [6.45, 7) is 5.90. The molecule has 0 saturated heterocycles. The number of benzene rings is 2. The van der Waals surface area contributed by atoms with E-state index in [1.165, 1.54) is 16.3 Å². The maximum atomic E-state index is 12.9. The van der Waals surface area contributed by atoms with Crippen LogP contribution in [0.2, 0.25) is 5.02 Å². The maximum absolute atomic E-state index is 12.9. The number of ether oxygens (including phenoxy) is 2. The summed E-state index contributed by atoms with van der Waals surface area (Å²) in [5.41, 5.74) is 0.894. The Hall–Kier alpha value is -2.97. The summed E-state index contributed by atoms with van der Waals surface area (Å²) in [5.74, 6) is 1.00. The third-order valence-electron chi connectivity index (χ3n) is 4.48. The molecule has 2 heterocycles. The van der Waals surface area contributed by atoms with Gasteiger partial charge in [-0.1, -0.05) is 29.4 Å². The molecular weight excluding hydrogens is 426 g/mol. The number of halogens is 1. The van der Waals surface area contributed by atoms with E-state index in [0.29, 0.717) is 38.3 Å². The summed E-state index contributed by atoms with van der Waals surface area (Å²) in [6.07, 6.45) is 1.61. The van der Waals surface area contributed by atoms with Crippen LogP contribution in [0.25, 0.3) is 10.9 Å². The van der Waals surface area contributed by atoms with E-state index in [1.807, 2.05) is 0 Å². The quantitative estimate of drug-likeness (QED) is 0.351. The van der Waals surface area contributed by atoms with Gasteiger partial charge in [-0.15, -0.1) is 6.58 Å². The molecule has 9 heteroatoms. The first-order chi connectivity index (χ1) is 14.5. The minimum absolute atomic E-state index is 0.165. The number of amides is 1. The molecule has 1 N–H and O–H groups in total. The predicted molar refractivity (Wildman–Crippen MR) is 118 cm³/mol. The first-order valence-corrected chi connectivity index (χ1v) is 10.4. The van der Waals surface area contributed by atoms with Gasteiger partial charge in [0.15, 0.2) is 16.7 Å². The average Bonchev–Trinajstić information content (AvgIpc) is 3.19. The van der Waals surface area contributed by atoms with Crippen molar-refractivity contribution in [3.05, 3.63) is 64.4 Å². The lowest BCUT2D eigenvalue weighted by molar-refractivity contribution is -0.115. The molecule has 4 rings (SSSR count). The third kappa shape index (κ3) is 4.01. The Balaban J connectivity index is 1.58. The molecule has 0 fully saturated rings. The lowest BCUT2D eigenvalue weighted by Gasteiger charge is -2.15. The van der Waals surface area contributed by atoms with Crippen molar-refractivity contribution in [2.45, 2.75) is 23.9 Å². The molecule has 0 spiro atoms. The summed E-state index contributed by atoms with van der Waals surface area (Å²) in [5, 5.41) is 3.66. The molecule has 30 heavy (non-hydrogen) atoms. The van der Waals surface area contributed by atoms with E-state index in [1.54, 1.807) is 49.4 Å². The number of nitrogens with zero attached hydrogens (tertiary/aromatic N) is 2. The van der Waals surface area contributed by atoms with Gasteiger partial charge in [-0.2, -0.15) is 0 Å². The van der Waals surface area contributed by atoms with Crippen LogP contribution >= 0.6 is 23.4 Å². The number of hydrogen-bond donors (Lipinski definition) is 1. The topological polar surface area (TPSA) is 82.5 Å². The van der Waals surface area contributed by atoms with E-state index in [9.17, 15) is 9.59 Å². The van der Waals surface area contributed by atoms with Crippen molar-refractivity contribution >= 4 is 45.9 Å². The van der Waals surface area contributed by atoms with E-state index in [2.05, 4.69) is 16.9 Å². The number of hydrogen-bond acceptors (Lipinski definition) is 6. The van der Waals surface area contributed by atoms with E-state index in [-0.39, 0.29) is 24.8 Å². The largest absolute Gasteiger partial charge is 0.454 e. The average molecular weight is 444 g/mol. The first-order valence-electron chi connectivity index (χ1n) is 9.14. The normalized spacial score (nSPS) is 13.3. The van der Waals surface area contributed by atoms with Crippen LogP contribution in [0.3, 0.4) is 0 Å². The van der Waals surface area contributed by atoms with Gasteiger partial charge in [0.1, 0.15) is 0 Å². The molecule has 1 aliphatic heterocycles. The summed E-state index contributed by atoms with van der Waals surface area (Å²) in [6, 6.07) is 10.2. The second-order valence-corrected chi connectivity index (χ2v) is 8.32. The molecule has 1 unspecified atom stereocenters. The van der Waals surface area contributed by atoms with Crippen molar-refractivity contribution in [2.24, 2.45) is 0 Å². The summed E-state index contributed by atoms with van der Waals surface area (Å²) >= 11 is 7.23. The molecule has 1 aromatic heterocycles. The van der Waals surface area contributed by atoms with Crippen molar-refractivity contribution in [1.82, 2.24) is 9.55 Å². The molecule has 0 radical (unpaired) electrons. The fourth-order valence-electron chi connectivity index (χ4n) is 2.98. The summed E-state index contributed by atoms with van der Waals surface area (Å²) in [7, 11) is 0. The van der Waals surface area contributed by atoms with E-state index >= 15 is 0 Å². The van der Waals surface area contributed by atoms with Gasteiger partial charge in [0.2, 0.25) is 12.7 Å². The molecule has 1 atom stereocenters. The number of carbonyl (C=O) groups is 1. The number of aromatic nitrogens is 2. The molecular formula is C21H18ClN3O4S. The zero-order valence-electron chi connectivity index (χ0n) is 16.1. The van der Waals surface area contributed by atoms with Crippen molar-refractivity contribution in [3.63, 3.8) is 0 Å². The molecule has 3 aromatic rings. The van der Waals surface area contributed by atoms with Gasteiger partial charge >= 0.3 is 0 Å². The van der Waals surface area contributed by atoms with Gasteiger partial charge in [-0.25, -0.2) is 4.98 Å². The van der Waals surface area contributed by atoms with Crippen LogP contribution in [0.4, 0.5) is 5.69 Å². The highest BCUT2D eigenvalue weighted by Crippen LogP contribution is 2.34. The maximum Gasteiger partial charge on any atom is 0.262 e. The Morgan fingerprint density at radius 2 is 2.13 bits per heavy atom. The number of carbonyl (C=O) groups excluding carboxylic acids is 1. The van der Waals surface area contributed by atoms with Gasteiger partial charge in [0, 0.05) is 23.3 Å². The highest BCUT2D eigenvalue weighted by molar-refractivity contribution is 8.00. The van der Waals surface area contributed by atoms with E-state index in [4.69, 9.17) is 21.1 Å². The number of anilines is 1. The van der Waals surface area contributed by atoms with Gasteiger partial charge < -0.3 is 14.8 Å². The van der Waals surface area contributed by atoms with E-state index < -0.39 is 5.25 Å². The zero-order valence-corrected chi connectivity index (χ0v) is 17.6. The van der Waals surface area contributed by atoms with Crippen LogP contribution in [0, 0.1) is 0 Å². The summed E-state index contributed by atoms with van der Waals surface area (Å²) < 4.78 is 12.1. The SMILES string of the molecule is C=CCn1c(SC(C)C(=O)Nc2ccc3c(c2)OCO3)nc2ccc(Cl)cc2c1=O. The van der Waals surface area contributed by atoms with Crippen LogP contribution in [-0.4, -0.2) is 27.5 Å². The van der Waals surface area contributed by atoms with Crippen molar-refractivity contribution in [2.75, 3.05) is 12.1 Å². The van der Waals surface area contributed by atoms with Crippen LogP contribution in [0.1, 0.15) is 6.92 Å². The second-order valence-electron chi connectivity index (χ2n) is 6.58. The number of thioether (sulfide) groups is 1. The molecule has 7 nitrogen and oxygen atoms in total. The van der Waals surface area contributed by atoms with Crippen molar-refractivity contribution in [3.8, 4) is 11.5 Å². The number of allylic oxidation sites excluding steroid dienone is 1. The standard InChI is InChI=1S/C21H18ClN3O4S/c1-3-8-25-20(27)15-9-13(22)4-6-16(15)24-21(25)30-12(2)19(26)23-14-5-7-17-18(10-14)29-11-28-17/h3-7,9-10,12H,1,8,11H2,2H3,(H,23,26). The van der Waals surface area contributed by atoms with Crippen molar-refractivity contribution < 1.29 is 14.3 Å². The number of rotatable bonds is 6.